The van der Waals surface area contributed by atoms with Gasteiger partial charge in [-0.25, -0.2) is 0 Å². The van der Waals surface area contributed by atoms with Crippen LogP contribution in [0.1, 0.15) is 17.8 Å². The van der Waals surface area contributed by atoms with Gasteiger partial charge in [0.25, 0.3) is 0 Å². The number of amides is 1. The average Bonchev–Trinajstić information content (AvgIpc) is 2.54. The van der Waals surface area contributed by atoms with Gasteiger partial charge >= 0.3 is 0 Å². The highest BCUT2D eigenvalue weighted by atomic mass is 16.2. The fourth-order valence-electron chi connectivity index (χ4n) is 1.83. The molecule has 1 aromatic rings. The summed E-state index contributed by atoms with van der Waals surface area (Å²) in [6, 6.07) is 5.83. The molecule has 2 rings (SSSR count). The molecule has 1 aliphatic heterocycles. The number of aryl methyl sites for hydroxylation is 1. The molecule has 0 radical (unpaired) electrons. The Balaban J connectivity index is 1.93. The first-order valence-corrected chi connectivity index (χ1v) is 5.37. The molecule has 0 bridgehead atoms. The molecule has 0 aromatic carbocycles. The predicted molar refractivity (Wildman–Crippen MR) is 58.9 cm³/mol. The molecule has 1 aliphatic rings. The molecular formula is C12H14N2O2. The predicted octanol–water partition coefficient (Wildman–Crippen LogP) is 0.734. The van der Waals surface area contributed by atoms with Gasteiger partial charge in [-0.15, -0.1) is 0 Å². The zero-order valence-corrected chi connectivity index (χ0v) is 9.27. The maximum Gasteiger partial charge on any atom is 0.230 e. The molecule has 16 heavy (non-hydrogen) atoms. The highest BCUT2D eigenvalue weighted by molar-refractivity contribution is 6.05. The second kappa shape index (κ2) is 4.43. The summed E-state index contributed by atoms with van der Waals surface area (Å²) in [5.74, 6) is -0.0418. The lowest BCUT2D eigenvalue weighted by Gasteiger charge is -2.13. The Kier molecular flexibility index (Phi) is 2.99. The van der Waals surface area contributed by atoms with E-state index in [1.807, 2.05) is 25.1 Å². The van der Waals surface area contributed by atoms with Crippen molar-refractivity contribution in [3.05, 3.63) is 29.6 Å². The van der Waals surface area contributed by atoms with E-state index in [0.717, 1.165) is 11.4 Å². The lowest BCUT2D eigenvalue weighted by Crippen LogP contribution is -2.27. The number of ketones is 1. The van der Waals surface area contributed by atoms with Crippen molar-refractivity contribution in [1.82, 2.24) is 9.88 Å². The van der Waals surface area contributed by atoms with Crippen LogP contribution in [0.25, 0.3) is 0 Å². The second-order valence-electron chi connectivity index (χ2n) is 4.05. The van der Waals surface area contributed by atoms with E-state index in [-0.39, 0.29) is 24.7 Å². The molecule has 0 spiro atoms. The number of Topliss-reactive ketones (excluding diaryl/α,β-unsaturated/α-hetero) is 1. The van der Waals surface area contributed by atoms with Crippen molar-refractivity contribution in [1.29, 1.82) is 0 Å². The quantitative estimate of drug-likeness (QED) is 0.703. The van der Waals surface area contributed by atoms with Crippen LogP contribution in [0.15, 0.2) is 18.2 Å². The van der Waals surface area contributed by atoms with Crippen LogP contribution >= 0.6 is 0 Å². The number of carbonyl (C=O) groups excluding carboxylic acids is 2. The van der Waals surface area contributed by atoms with E-state index in [1.165, 1.54) is 0 Å². The summed E-state index contributed by atoms with van der Waals surface area (Å²) in [6.45, 7) is 2.79. The van der Waals surface area contributed by atoms with E-state index in [9.17, 15) is 9.59 Å². The SMILES string of the molecule is Cc1cccc(CCN2CC(=O)CC2=O)n1. The molecule has 84 valence electrons. The Morgan fingerprint density at radius 1 is 1.38 bits per heavy atom. The number of hydrogen-bond acceptors (Lipinski definition) is 3. The summed E-state index contributed by atoms with van der Waals surface area (Å²) < 4.78 is 0. The number of carbonyl (C=O) groups is 2. The highest BCUT2D eigenvalue weighted by Gasteiger charge is 2.26. The lowest BCUT2D eigenvalue weighted by molar-refractivity contribution is -0.127. The molecule has 1 saturated heterocycles. The van der Waals surface area contributed by atoms with Crippen LogP contribution in [0.5, 0.6) is 0 Å². The van der Waals surface area contributed by atoms with Gasteiger partial charge in [-0.2, -0.15) is 0 Å². The van der Waals surface area contributed by atoms with Crippen molar-refractivity contribution in [3.8, 4) is 0 Å². The fraction of sp³-hybridized carbons (Fsp3) is 0.417. The van der Waals surface area contributed by atoms with Crippen molar-refractivity contribution >= 4 is 11.7 Å². The zero-order valence-electron chi connectivity index (χ0n) is 9.27. The van der Waals surface area contributed by atoms with Crippen molar-refractivity contribution in [2.45, 2.75) is 19.8 Å². The highest BCUT2D eigenvalue weighted by Crippen LogP contribution is 2.08. The first-order valence-electron chi connectivity index (χ1n) is 5.37. The third kappa shape index (κ3) is 2.45. The van der Waals surface area contributed by atoms with Crippen molar-refractivity contribution < 1.29 is 9.59 Å². The normalized spacial score (nSPS) is 15.9. The summed E-state index contributed by atoms with van der Waals surface area (Å²) in [4.78, 5) is 28.4. The van der Waals surface area contributed by atoms with Crippen LogP contribution < -0.4 is 0 Å². The topological polar surface area (TPSA) is 50.3 Å². The van der Waals surface area contributed by atoms with Crippen molar-refractivity contribution in [2.24, 2.45) is 0 Å². The standard InChI is InChI=1S/C12H14N2O2/c1-9-3-2-4-10(13-9)5-6-14-8-11(15)7-12(14)16/h2-4H,5-8H2,1H3. The van der Waals surface area contributed by atoms with E-state index in [4.69, 9.17) is 0 Å². The van der Waals surface area contributed by atoms with Crippen LogP contribution in [-0.4, -0.2) is 34.7 Å². The minimum atomic E-state index is -0.0577. The molecule has 0 N–H and O–H groups in total. The van der Waals surface area contributed by atoms with E-state index in [2.05, 4.69) is 4.98 Å². The van der Waals surface area contributed by atoms with Gasteiger partial charge in [0.1, 0.15) is 0 Å². The Morgan fingerprint density at radius 3 is 2.81 bits per heavy atom. The van der Waals surface area contributed by atoms with Crippen LogP contribution in [0, 0.1) is 6.92 Å². The monoisotopic (exact) mass is 218 g/mol. The summed E-state index contributed by atoms with van der Waals surface area (Å²) in [6.07, 6.45) is 0.780. The average molecular weight is 218 g/mol. The van der Waals surface area contributed by atoms with E-state index in [1.54, 1.807) is 4.90 Å². The summed E-state index contributed by atoms with van der Waals surface area (Å²) in [5.41, 5.74) is 1.94. The largest absolute Gasteiger partial charge is 0.335 e. The van der Waals surface area contributed by atoms with Crippen molar-refractivity contribution in [2.75, 3.05) is 13.1 Å². The van der Waals surface area contributed by atoms with Crippen LogP contribution in [0.4, 0.5) is 0 Å². The number of likely N-dealkylation sites (tertiary alicyclic amines) is 1. The van der Waals surface area contributed by atoms with E-state index < -0.39 is 0 Å². The first kappa shape index (κ1) is 10.8. The second-order valence-corrected chi connectivity index (χ2v) is 4.05. The van der Waals surface area contributed by atoms with Crippen LogP contribution in [0.2, 0.25) is 0 Å². The maximum atomic E-state index is 11.4. The molecule has 1 fully saturated rings. The van der Waals surface area contributed by atoms with Gasteiger partial charge in [0.05, 0.1) is 13.0 Å². The number of pyridine rings is 1. The Morgan fingerprint density at radius 2 is 2.19 bits per heavy atom. The van der Waals surface area contributed by atoms with Gasteiger partial charge in [-0.3, -0.25) is 14.6 Å². The minimum absolute atomic E-state index is 0.0159. The molecule has 0 saturated carbocycles. The Labute approximate surface area is 94.3 Å². The van der Waals surface area contributed by atoms with Gasteiger partial charge in [-0.05, 0) is 19.1 Å². The van der Waals surface area contributed by atoms with E-state index >= 15 is 0 Å². The third-order valence-electron chi connectivity index (χ3n) is 2.65. The number of hydrogen-bond donors (Lipinski definition) is 0. The molecule has 1 amide bonds. The molecule has 4 nitrogen and oxygen atoms in total. The van der Waals surface area contributed by atoms with Crippen molar-refractivity contribution in [3.63, 3.8) is 0 Å². The van der Waals surface area contributed by atoms with Gasteiger partial charge < -0.3 is 4.90 Å². The van der Waals surface area contributed by atoms with Gasteiger partial charge in [0.2, 0.25) is 5.91 Å². The molecule has 0 aliphatic carbocycles. The Hall–Kier alpha value is -1.71. The molecule has 0 unspecified atom stereocenters. The molecule has 0 atom stereocenters. The summed E-state index contributed by atoms with van der Waals surface area (Å²) >= 11 is 0. The van der Waals surface area contributed by atoms with Crippen LogP contribution in [0.3, 0.4) is 0 Å². The zero-order chi connectivity index (χ0) is 11.5. The number of aromatic nitrogens is 1. The van der Waals surface area contributed by atoms with Gasteiger partial charge in [0, 0.05) is 24.4 Å². The Bertz CT molecular complexity index is 429. The summed E-state index contributed by atoms with van der Waals surface area (Å²) in [5, 5.41) is 0. The number of nitrogens with zero attached hydrogens (tertiary/aromatic N) is 2. The molecule has 2 heterocycles. The fourth-order valence-corrected chi connectivity index (χ4v) is 1.83. The molecule has 1 aromatic heterocycles. The third-order valence-corrected chi connectivity index (χ3v) is 2.65. The number of rotatable bonds is 3. The smallest absolute Gasteiger partial charge is 0.230 e. The van der Waals surface area contributed by atoms with E-state index in [0.29, 0.717) is 13.0 Å². The van der Waals surface area contributed by atoms with Gasteiger partial charge in [-0.1, -0.05) is 6.07 Å². The molecular weight excluding hydrogens is 204 g/mol. The minimum Gasteiger partial charge on any atom is -0.335 e. The summed E-state index contributed by atoms with van der Waals surface area (Å²) in [7, 11) is 0. The van der Waals surface area contributed by atoms with Gasteiger partial charge in [0.15, 0.2) is 5.78 Å². The lowest BCUT2D eigenvalue weighted by atomic mass is 10.2. The van der Waals surface area contributed by atoms with Crippen LogP contribution in [-0.2, 0) is 16.0 Å². The molecule has 4 heteroatoms. The maximum absolute atomic E-state index is 11.4. The first-order chi connectivity index (χ1) is 7.65.